The van der Waals surface area contributed by atoms with Crippen LogP contribution in [-0.2, 0) is 4.79 Å². The van der Waals surface area contributed by atoms with Crippen molar-refractivity contribution in [3.8, 4) is 17.3 Å². The molecule has 0 aliphatic carbocycles. The molecule has 0 aliphatic rings. The standard InChI is InChI=1S/C20H17F2N3O2/c1-12-3-5-14(6-4-12)20-23-13(2)9-19(25-20)27-11-18(26)24-17-10-15(21)7-8-16(17)22/h3-10H,11H2,1-2H3,(H,24,26). The van der Waals surface area contributed by atoms with Crippen LogP contribution in [0.3, 0.4) is 0 Å². The molecule has 0 aliphatic heterocycles. The predicted molar refractivity (Wildman–Crippen MR) is 97.4 cm³/mol. The molecule has 138 valence electrons. The van der Waals surface area contributed by atoms with Crippen molar-refractivity contribution in [2.75, 3.05) is 11.9 Å². The van der Waals surface area contributed by atoms with E-state index in [0.29, 0.717) is 11.5 Å². The smallest absolute Gasteiger partial charge is 0.262 e. The van der Waals surface area contributed by atoms with E-state index in [0.717, 1.165) is 29.3 Å². The van der Waals surface area contributed by atoms with E-state index >= 15 is 0 Å². The van der Waals surface area contributed by atoms with Gasteiger partial charge in [0.05, 0.1) is 5.69 Å². The van der Waals surface area contributed by atoms with Crippen LogP contribution in [0, 0.1) is 25.5 Å². The minimum absolute atomic E-state index is 0.216. The molecular weight excluding hydrogens is 352 g/mol. The highest BCUT2D eigenvalue weighted by Crippen LogP contribution is 2.20. The number of carbonyl (C=O) groups is 1. The van der Waals surface area contributed by atoms with Crippen molar-refractivity contribution in [2.45, 2.75) is 13.8 Å². The van der Waals surface area contributed by atoms with Crippen molar-refractivity contribution in [3.63, 3.8) is 0 Å². The number of hydrogen-bond donors (Lipinski definition) is 1. The zero-order valence-corrected chi connectivity index (χ0v) is 14.8. The molecule has 2 aromatic carbocycles. The summed E-state index contributed by atoms with van der Waals surface area (Å²) in [6.45, 7) is 3.36. The zero-order chi connectivity index (χ0) is 19.4. The van der Waals surface area contributed by atoms with Crippen LogP contribution in [0.1, 0.15) is 11.3 Å². The van der Waals surface area contributed by atoms with Crippen molar-refractivity contribution < 1.29 is 18.3 Å². The minimum Gasteiger partial charge on any atom is -0.467 e. The number of anilines is 1. The van der Waals surface area contributed by atoms with Crippen molar-refractivity contribution >= 4 is 11.6 Å². The third kappa shape index (κ3) is 4.84. The van der Waals surface area contributed by atoms with Gasteiger partial charge in [-0.3, -0.25) is 4.79 Å². The molecule has 0 radical (unpaired) electrons. The molecule has 7 heteroatoms. The van der Waals surface area contributed by atoms with E-state index in [9.17, 15) is 13.6 Å². The molecule has 0 saturated carbocycles. The normalized spacial score (nSPS) is 10.5. The second-order valence-electron chi connectivity index (χ2n) is 6.00. The van der Waals surface area contributed by atoms with Gasteiger partial charge in [0.15, 0.2) is 12.4 Å². The Balaban J connectivity index is 1.69. The Morgan fingerprint density at radius 3 is 2.52 bits per heavy atom. The van der Waals surface area contributed by atoms with E-state index in [4.69, 9.17) is 4.74 Å². The van der Waals surface area contributed by atoms with Crippen molar-refractivity contribution in [2.24, 2.45) is 0 Å². The summed E-state index contributed by atoms with van der Waals surface area (Å²) in [6, 6.07) is 12.1. The summed E-state index contributed by atoms with van der Waals surface area (Å²) in [5.74, 6) is -1.33. The number of carbonyl (C=O) groups excluding carboxylic acids is 1. The molecule has 0 bridgehead atoms. The molecule has 1 amide bonds. The maximum Gasteiger partial charge on any atom is 0.262 e. The van der Waals surface area contributed by atoms with Gasteiger partial charge in [-0.05, 0) is 26.0 Å². The van der Waals surface area contributed by atoms with Gasteiger partial charge in [0.2, 0.25) is 5.88 Å². The topological polar surface area (TPSA) is 64.1 Å². The average Bonchev–Trinajstić information content (AvgIpc) is 2.63. The van der Waals surface area contributed by atoms with E-state index < -0.39 is 24.1 Å². The summed E-state index contributed by atoms with van der Waals surface area (Å²) in [4.78, 5) is 20.6. The van der Waals surface area contributed by atoms with Gasteiger partial charge in [-0.15, -0.1) is 0 Å². The van der Waals surface area contributed by atoms with Crippen LogP contribution < -0.4 is 10.1 Å². The molecule has 0 atom stereocenters. The molecule has 1 aromatic heterocycles. The maximum absolute atomic E-state index is 13.6. The van der Waals surface area contributed by atoms with Gasteiger partial charge >= 0.3 is 0 Å². The fourth-order valence-electron chi connectivity index (χ4n) is 2.36. The van der Waals surface area contributed by atoms with E-state index in [1.165, 1.54) is 0 Å². The van der Waals surface area contributed by atoms with Crippen molar-refractivity contribution in [1.82, 2.24) is 9.97 Å². The van der Waals surface area contributed by atoms with E-state index in [2.05, 4.69) is 15.3 Å². The lowest BCUT2D eigenvalue weighted by atomic mass is 10.1. The Hall–Kier alpha value is -3.35. The highest BCUT2D eigenvalue weighted by molar-refractivity contribution is 5.91. The van der Waals surface area contributed by atoms with Crippen molar-refractivity contribution in [1.29, 1.82) is 0 Å². The Morgan fingerprint density at radius 1 is 1.04 bits per heavy atom. The molecule has 5 nitrogen and oxygen atoms in total. The molecule has 0 saturated heterocycles. The highest BCUT2D eigenvalue weighted by atomic mass is 19.1. The van der Waals surface area contributed by atoms with Crippen LogP contribution in [0.25, 0.3) is 11.4 Å². The molecule has 27 heavy (non-hydrogen) atoms. The lowest BCUT2D eigenvalue weighted by molar-refractivity contribution is -0.118. The van der Waals surface area contributed by atoms with Crippen LogP contribution in [0.15, 0.2) is 48.5 Å². The van der Waals surface area contributed by atoms with Crippen LogP contribution >= 0.6 is 0 Å². The summed E-state index contributed by atoms with van der Waals surface area (Å²) in [5, 5.41) is 2.27. The highest BCUT2D eigenvalue weighted by Gasteiger charge is 2.11. The summed E-state index contributed by atoms with van der Waals surface area (Å²) >= 11 is 0. The number of nitrogens with zero attached hydrogens (tertiary/aromatic N) is 2. The number of nitrogens with one attached hydrogen (secondary N) is 1. The molecule has 0 fully saturated rings. The molecule has 0 unspecified atom stereocenters. The van der Waals surface area contributed by atoms with Crippen LogP contribution in [-0.4, -0.2) is 22.5 Å². The predicted octanol–water partition coefficient (Wildman–Crippen LogP) is 4.06. The van der Waals surface area contributed by atoms with Crippen molar-refractivity contribution in [3.05, 3.63) is 71.4 Å². The third-order valence-corrected chi connectivity index (χ3v) is 3.69. The Bertz CT molecular complexity index is 975. The first-order chi connectivity index (χ1) is 12.9. The summed E-state index contributed by atoms with van der Waals surface area (Å²) in [5.41, 5.74) is 2.36. The summed E-state index contributed by atoms with van der Waals surface area (Å²) < 4.78 is 32.1. The second-order valence-corrected chi connectivity index (χ2v) is 6.00. The van der Waals surface area contributed by atoms with Gasteiger partial charge in [-0.1, -0.05) is 29.8 Å². The molecule has 3 rings (SSSR count). The summed E-state index contributed by atoms with van der Waals surface area (Å²) in [7, 11) is 0. The van der Waals surface area contributed by atoms with E-state index in [1.54, 1.807) is 13.0 Å². The first kappa shape index (κ1) is 18.4. The second kappa shape index (κ2) is 7.90. The first-order valence-electron chi connectivity index (χ1n) is 8.21. The molecule has 1 N–H and O–H groups in total. The molecular formula is C20H17F2N3O2. The zero-order valence-electron chi connectivity index (χ0n) is 14.8. The maximum atomic E-state index is 13.6. The minimum atomic E-state index is -0.732. The van der Waals surface area contributed by atoms with Gasteiger partial charge in [-0.25, -0.2) is 13.8 Å². The quantitative estimate of drug-likeness (QED) is 0.737. The van der Waals surface area contributed by atoms with Gasteiger partial charge in [-0.2, -0.15) is 4.98 Å². The van der Waals surface area contributed by atoms with E-state index in [1.807, 2.05) is 31.2 Å². The van der Waals surface area contributed by atoms with Crippen LogP contribution in [0.2, 0.25) is 0 Å². The lowest BCUT2D eigenvalue weighted by Gasteiger charge is -2.09. The lowest BCUT2D eigenvalue weighted by Crippen LogP contribution is -2.21. The third-order valence-electron chi connectivity index (χ3n) is 3.69. The number of halogens is 2. The number of aryl methyl sites for hydroxylation is 2. The largest absolute Gasteiger partial charge is 0.467 e. The number of aromatic nitrogens is 2. The number of rotatable bonds is 5. The van der Waals surface area contributed by atoms with Crippen LogP contribution in [0.4, 0.5) is 14.5 Å². The Kier molecular flexibility index (Phi) is 5.40. The average molecular weight is 369 g/mol. The molecule has 3 aromatic rings. The fourth-order valence-corrected chi connectivity index (χ4v) is 2.36. The Labute approximate surface area is 155 Å². The number of ether oxygens (including phenoxy) is 1. The van der Waals surface area contributed by atoms with Gasteiger partial charge < -0.3 is 10.1 Å². The van der Waals surface area contributed by atoms with E-state index in [-0.39, 0.29) is 11.6 Å². The van der Waals surface area contributed by atoms with Gasteiger partial charge in [0, 0.05) is 23.4 Å². The molecule has 0 spiro atoms. The fraction of sp³-hybridized carbons (Fsp3) is 0.150. The number of amides is 1. The van der Waals surface area contributed by atoms with Gasteiger partial charge in [0.1, 0.15) is 11.6 Å². The van der Waals surface area contributed by atoms with Gasteiger partial charge in [0.25, 0.3) is 5.91 Å². The Morgan fingerprint density at radius 2 is 1.78 bits per heavy atom. The monoisotopic (exact) mass is 369 g/mol. The van der Waals surface area contributed by atoms with Crippen LogP contribution in [0.5, 0.6) is 5.88 Å². The SMILES string of the molecule is Cc1ccc(-c2nc(C)cc(OCC(=O)Nc3cc(F)ccc3F)n2)cc1. The first-order valence-corrected chi connectivity index (χ1v) is 8.21. The summed E-state index contributed by atoms with van der Waals surface area (Å²) in [6.07, 6.45) is 0. The number of hydrogen-bond acceptors (Lipinski definition) is 4. The number of benzene rings is 2. The molecule has 1 heterocycles.